The maximum Gasteiger partial charge on any atom is 0.237 e. The topological polar surface area (TPSA) is 20.3 Å². The predicted octanol–water partition coefficient (Wildman–Crippen LogP) is 1.09. The summed E-state index contributed by atoms with van der Waals surface area (Å²) in [5.74, 6) is 0.911. The van der Waals surface area contributed by atoms with Crippen molar-refractivity contribution < 1.29 is 4.79 Å². The van der Waals surface area contributed by atoms with Crippen LogP contribution in [-0.2, 0) is 4.79 Å². The summed E-state index contributed by atoms with van der Waals surface area (Å²) in [6.45, 7) is 0.894. The number of carbonyl (C=O) groups excluding carboxylic acids is 1. The minimum atomic E-state index is 0.0357. The fourth-order valence-electron chi connectivity index (χ4n) is 0.892. The van der Waals surface area contributed by atoms with Gasteiger partial charge in [0.2, 0.25) is 5.91 Å². The highest BCUT2D eigenvalue weighted by atomic mass is 35.5. The highest BCUT2D eigenvalue weighted by Crippen LogP contribution is 2.29. The van der Waals surface area contributed by atoms with E-state index in [-0.39, 0.29) is 11.8 Å². The number of amides is 1. The molecule has 0 radical (unpaired) electrons. The number of halogens is 1. The van der Waals surface area contributed by atoms with E-state index in [2.05, 4.69) is 0 Å². The maximum atomic E-state index is 10.9. The molecule has 1 saturated carbocycles. The van der Waals surface area contributed by atoms with E-state index in [9.17, 15) is 4.79 Å². The smallest absolute Gasteiger partial charge is 0.237 e. The molecule has 0 heterocycles. The van der Waals surface area contributed by atoms with Crippen LogP contribution in [0.25, 0.3) is 0 Å². The van der Waals surface area contributed by atoms with E-state index in [4.69, 9.17) is 11.6 Å². The molecule has 0 bridgehead atoms. The molecule has 0 N–H and O–H groups in total. The Labute approximate surface area is 66.1 Å². The minimum Gasteiger partial charge on any atom is -0.344 e. The predicted molar refractivity (Wildman–Crippen MR) is 41.1 cm³/mol. The van der Waals surface area contributed by atoms with E-state index in [0.29, 0.717) is 0 Å². The van der Waals surface area contributed by atoms with E-state index in [1.807, 2.05) is 7.05 Å². The standard InChI is InChI=1S/C7H12ClNO/c1-9(7(10)4-8)5-6-2-3-6/h6H,2-5H2,1H3. The zero-order chi connectivity index (χ0) is 7.56. The summed E-state index contributed by atoms with van der Waals surface area (Å²) in [5.41, 5.74) is 0. The lowest BCUT2D eigenvalue weighted by Crippen LogP contribution is -2.29. The molecule has 3 heteroatoms. The molecule has 0 saturated heterocycles. The Hall–Kier alpha value is -0.240. The van der Waals surface area contributed by atoms with Crippen molar-refractivity contribution >= 4 is 17.5 Å². The van der Waals surface area contributed by atoms with Crippen LogP contribution < -0.4 is 0 Å². The molecule has 2 nitrogen and oxygen atoms in total. The monoisotopic (exact) mass is 161 g/mol. The average Bonchev–Trinajstić information content (AvgIpc) is 2.70. The van der Waals surface area contributed by atoms with E-state index < -0.39 is 0 Å². The second-order valence-corrected chi connectivity index (χ2v) is 3.12. The molecular formula is C7H12ClNO. The third-order valence-corrected chi connectivity index (χ3v) is 2.00. The first-order valence-electron chi connectivity index (χ1n) is 3.54. The zero-order valence-electron chi connectivity index (χ0n) is 6.14. The van der Waals surface area contributed by atoms with Crippen molar-refractivity contribution in [1.29, 1.82) is 0 Å². The summed E-state index contributed by atoms with van der Waals surface area (Å²) in [6, 6.07) is 0. The lowest BCUT2D eigenvalue weighted by molar-refractivity contribution is -0.127. The van der Waals surface area contributed by atoms with Gasteiger partial charge in [-0.05, 0) is 18.8 Å². The van der Waals surface area contributed by atoms with Crippen LogP contribution in [0.5, 0.6) is 0 Å². The number of carbonyl (C=O) groups is 1. The fourth-order valence-corrected chi connectivity index (χ4v) is 1.10. The number of alkyl halides is 1. The van der Waals surface area contributed by atoms with E-state index >= 15 is 0 Å². The quantitative estimate of drug-likeness (QED) is 0.568. The van der Waals surface area contributed by atoms with Gasteiger partial charge in [-0.15, -0.1) is 11.6 Å². The van der Waals surface area contributed by atoms with Gasteiger partial charge in [0.05, 0.1) is 0 Å². The van der Waals surface area contributed by atoms with Crippen LogP contribution in [0.3, 0.4) is 0 Å². The van der Waals surface area contributed by atoms with Gasteiger partial charge in [0, 0.05) is 13.6 Å². The Balaban J connectivity index is 2.18. The van der Waals surface area contributed by atoms with Gasteiger partial charge < -0.3 is 4.90 Å². The Morgan fingerprint density at radius 1 is 1.70 bits per heavy atom. The number of rotatable bonds is 3. The largest absolute Gasteiger partial charge is 0.344 e. The second-order valence-electron chi connectivity index (χ2n) is 2.85. The number of hydrogen-bond acceptors (Lipinski definition) is 1. The van der Waals surface area contributed by atoms with E-state index in [0.717, 1.165) is 12.5 Å². The molecule has 0 aromatic carbocycles. The van der Waals surface area contributed by atoms with Crippen molar-refractivity contribution in [3.63, 3.8) is 0 Å². The summed E-state index contributed by atoms with van der Waals surface area (Å²) in [6.07, 6.45) is 2.56. The minimum absolute atomic E-state index is 0.0357. The van der Waals surface area contributed by atoms with Gasteiger partial charge in [-0.2, -0.15) is 0 Å². The molecule has 1 fully saturated rings. The van der Waals surface area contributed by atoms with Gasteiger partial charge in [0.25, 0.3) is 0 Å². The van der Waals surface area contributed by atoms with Crippen LogP contribution in [0.2, 0.25) is 0 Å². The Kier molecular flexibility index (Phi) is 2.55. The molecule has 1 rings (SSSR count). The van der Waals surface area contributed by atoms with Crippen LogP contribution in [0.15, 0.2) is 0 Å². The van der Waals surface area contributed by atoms with Crippen molar-refractivity contribution in [2.24, 2.45) is 5.92 Å². The normalized spacial score (nSPS) is 17.0. The highest BCUT2D eigenvalue weighted by molar-refractivity contribution is 6.27. The molecule has 0 atom stereocenters. The Bertz CT molecular complexity index is 134. The summed E-state index contributed by atoms with van der Waals surface area (Å²) < 4.78 is 0. The van der Waals surface area contributed by atoms with Crippen molar-refractivity contribution in [2.45, 2.75) is 12.8 Å². The lowest BCUT2D eigenvalue weighted by Gasteiger charge is -2.14. The van der Waals surface area contributed by atoms with Gasteiger partial charge in [0.15, 0.2) is 0 Å². The van der Waals surface area contributed by atoms with E-state index in [1.54, 1.807) is 4.90 Å². The Morgan fingerprint density at radius 3 is 2.70 bits per heavy atom. The maximum absolute atomic E-state index is 10.9. The number of hydrogen-bond donors (Lipinski definition) is 0. The zero-order valence-corrected chi connectivity index (χ0v) is 6.90. The number of nitrogens with zero attached hydrogens (tertiary/aromatic N) is 1. The third-order valence-electron chi connectivity index (χ3n) is 1.77. The average molecular weight is 162 g/mol. The first-order chi connectivity index (χ1) is 4.74. The first-order valence-corrected chi connectivity index (χ1v) is 4.07. The molecular weight excluding hydrogens is 150 g/mol. The molecule has 1 aliphatic rings. The third kappa shape index (κ3) is 2.18. The van der Waals surface area contributed by atoms with Gasteiger partial charge in [-0.3, -0.25) is 4.79 Å². The van der Waals surface area contributed by atoms with Gasteiger partial charge in [-0.1, -0.05) is 0 Å². The molecule has 58 valence electrons. The second kappa shape index (κ2) is 3.24. The SMILES string of the molecule is CN(CC1CC1)C(=O)CCl. The van der Waals surface area contributed by atoms with Crippen LogP contribution in [0, 0.1) is 5.92 Å². The molecule has 1 aliphatic carbocycles. The van der Waals surface area contributed by atoms with Crippen LogP contribution in [0.1, 0.15) is 12.8 Å². The fraction of sp³-hybridized carbons (Fsp3) is 0.857. The molecule has 10 heavy (non-hydrogen) atoms. The van der Waals surface area contributed by atoms with Crippen LogP contribution in [0.4, 0.5) is 0 Å². The molecule has 0 aromatic rings. The molecule has 1 amide bonds. The van der Waals surface area contributed by atoms with Gasteiger partial charge in [0.1, 0.15) is 5.88 Å². The molecule has 0 aromatic heterocycles. The summed E-state index contributed by atoms with van der Waals surface area (Å²) in [7, 11) is 1.81. The summed E-state index contributed by atoms with van der Waals surface area (Å²) in [4.78, 5) is 12.6. The molecule has 0 aliphatic heterocycles. The van der Waals surface area contributed by atoms with Crippen molar-refractivity contribution in [1.82, 2.24) is 4.90 Å². The van der Waals surface area contributed by atoms with Crippen molar-refractivity contribution in [3.8, 4) is 0 Å². The van der Waals surface area contributed by atoms with Crippen molar-refractivity contribution in [3.05, 3.63) is 0 Å². The lowest BCUT2D eigenvalue weighted by atomic mass is 10.4. The van der Waals surface area contributed by atoms with Crippen LogP contribution >= 0.6 is 11.6 Å². The summed E-state index contributed by atoms with van der Waals surface area (Å²) in [5, 5.41) is 0. The highest BCUT2D eigenvalue weighted by Gasteiger charge is 2.24. The van der Waals surface area contributed by atoms with E-state index in [1.165, 1.54) is 12.8 Å². The van der Waals surface area contributed by atoms with Crippen LogP contribution in [-0.4, -0.2) is 30.3 Å². The molecule has 0 unspecified atom stereocenters. The summed E-state index contributed by atoms with van der Waals surface area (Å²) >= 11 is 5.36. The first kappa shape index (κ1) is 7.86. The van der Waals surface area contributed by atoms with Crippen molar-refractivity contribution in [2.75, 3.05) is 19.5 Å². The van der Waals surface area contributed by atoms with Gasteiger partial charge >= 0.3 is 0 Å². The van der Waals surface area contributed by atoms with Gasteiger partial charge in [-0.25, -0.2) is 0 Å². The Morgan fingerprint density at radius 2 is 2.30 bits per heavy atom. The molecule has 0 spiro atoms.